The van der Waals surface area contributed by atoms with Crippen LogP contribution in [-0.4, -0.2) is 62.5 Å². The first-order valence-electron chi connectivity index (χ1n) is 10.6. The number of H-pyrrole nitrogens is 1. The van der Waals surface area contributed by atoms with Crippen LogP contribution in [0.3, 0.4) is 0 Å². The molecule has 2 saturated heterocycles. The molecule has 4 N–H and O–H groups in total. The first-order valence-corrected chi connectivity index (χ1v) is 10.6. The summed E-state index contributed by atoms with van der Waals surface area (Å²) in [6, 6.07) is 16.4. The normalized spacial score (nSPS) is 24.8. The Morgan fingerprint density at radius 3 is 2.62 bits per heavy atom. The lowest BCUT2D eigenvalue weighted by molar-refractivity contribution is 0.00706. The number of hydrogen-bond donors (Lipinski definition) is 3. The van der Waals surface area contributed by atoms with E-state index in [1.807, 2.05) is 55.5 Å². The highest BCUT2D eigenvalue weighted by molar-refractivity contribution is 5.82. The summed E-state index contributed by atoms with van der Waals surface area (Å²) in [5.41, 5.74) is 11.6. The number of rotatable bonds is 4. The summed E-state index contributed by atoms with van der Waals surface area (Å²) in [5.74, 6) is 0.609. The number of aliphatic hydroxyl groups excluding tert-OH is 1. The third-order valence-corrected chi connectivity index (χ3v) is 6.01. The molecule has 164 valence electrons. The first kappa shape index (κ1) is 19.3. The number of fused-ring (bicyclic) bond motifs is 2. The van der Waals surface area contributed by atoms with Crippen LogP contribution in [0.15, 0.2) is 48.5 Å². The molecule has 2 fully saturated rings. The van der Waals surface area contributed by atoms with Gasteiger partial charge in [-0.05, 0) is 42.3 Å². The van der Waals surface area contributed by atoms with Crippen molar-refractivity contribution in [2.75, 3.05) is 18.9 Å². The van der Waals surface area contributed by atoms with Crippen molar-refractivity contribution in [3.05, 3.63) is 54.2 Å². The quantitative estimate of drug-likeness (QED) is 0.451. The Balaban J connectivity index is 1.23. The molecule has 2 aromatic carbocycles. The summed E-state index contributed by atoms with van der Waals surface area (Å²) < 4.78 is 19.0. The Morgan fingerprint density at radius 1 is 1.06 bits per heavy atom. The van der Waals surface area contributed by atoms with Gasteiger partial charge >= 0.3 is 0 Å². The molecular weight excluding hydrogens is 410 g/mol. The minimum Gasteiger partial charge on any atom is -0.456 e. The number of nitrogen functional groups attached to an aromatic ring is 1. The topological polar surface area (TPSA) is 120 Å². The average Bonchev–Trinajstić information content (AvgIpc) is 3.54. The minimum absolute atomic E-state index is 0.268. The summed E-state index contributed by atoms with van der Waals surface area (Å²) in [5, 5.41) is 14.3. The van der Waals surface area contributed by atoms with Crippen LogP contribution in [0, 0.1) is 6.92 Å². The number of aliphatic hydroxyl groups is 1. The number of aromatic nitrogens is 4. The second kappa shape index (κ2) is 7.33. The van der Waals surface area contributed by atoms with Crippen molar-refractivity contribution in [3.8, 4) is 22.8 Å². The van der Waals surface area contributed by atoms with Gasteiger partial charge in [0.25, 0.3) is 6.01 Å². The van der Waals surface area contributed by atoms with Crippen LogP contribution in [0.25, 0.3) is 27.8 Å². The molecule has 0 bridgehead atoms. The second-order valence-corrected chi connectivity index (χ2v) is 8.26. The van der Waals surface area contributed by atoms with Crippen molar-refractivity contribution in [2.45, 2.75) is 31.3 Å². The van der Waals surface area contributed by atoms with Gasteiger partial charge in [0.05, 0.1) is 35.6 Å². The molecule has 4 aromatic rings. The number of aryl methyl sites for hydroxylation is 1. The number of nitrogens with two attached hydrogens (primary N) is 1. The summed E-state index contributed by atoms with van der Waals surface area (Å²) in [4.78, 5) is 7.79. The Bertz CT molecular complexity index is 1280. The number of nitrogens with one attached hydrogen (secondary N) is 1. The molecule has 0 amide bonds. The van der Waals surface area contributed by atoms with E-state index in [4.69, 9.17) is 19.9 Å². The third kappa shape index (κ3) is 3.22. The number of benzene rings is 2. The number of ether oxygens (including phenoxy) is 3. The lowest BCUT2D eigenvalue weighted by Crippen LogP contribution is -2.34. The van der Waals surface area contributed by atoms with E-state index in [2.05, 4.69) is 15.1 Å². The van der Waals surface area contributed by atoms with Crippen LogP contribution in [0.5, 0.6) is 6.01 Å². The molecular formula is C23H23N5O4. The number of hydrogen-bond acceptors (Lipinski definition) is 7. The third-order valence-electron chi connectivity index (χ3n) is 6.01. The predicted octanol–water partition coefficient (Wildman–Crippen LogP) is 2.21. The van der Waals surface area contributed by atoms with E-state index >= 15 is 0 Å². The van der Waals surface area contributed by atoms with Gasteiger partial charge < -0.3 is 30.0 Å². The van der Waals surface area contributed by atoms with Gasteiger partial charge in [-0.25, -0.2) is 4.68 Å². The fourth-order valence-corrected chi connectivity index (χ4v) is 4.43. The maximum absolute atomic E-state index is 9.89. The number of aromatic amines is 1. The Hall–Kier alpha value is -3.40. The van der Waals surface area contributed by atoms with Gasteiger partial charge in [0.15, 0.2) is 6.10 Å². The van der Waals surface area contributed by atoms with Crippen molar-refractivity contribution in [3.63, 3.8) is 0 Å². The molecule has 0 aliphatic carbocycles. The van der Waals surface area contributed by atoms with Gasteiger partial charge in [0.1, 0.15) is 24.1 Å². The zero-order valence-corrected chi connectivity index (χ0v) is 17.4. The summed E-state index contributed by atoms with van der Waals surface area (Å²) >= 11 is 0. The van der Waals surface area contributed by atoms with Crippen molar-refractivity contribution in [2.24, 2.45) is 0 Å². The summed E-state index contributed by atoms with van der Waals surface area (Å²) in [6.45, 7) is 2.55. The smallest absolute Gasteiger partial charge is 0.295 e. The average molecular weight is 433 g/mol. The van der Waals surface area contributed by atoms with Crippen LogP contribution in [0.4, 0.5) is 5.82 Å². The van der Waals surface area contributed by atoms with Gasteiger partial charge in [0, 0.05) is 6.07 Å². The molecule has 0 unspecified atom stereocenters. The van der Waals surface area contributed by atoms with Crippen LogP contribution in [-0.2, 0) is 9.47 Å². The van der Waals surface area contributed by atoms with E-state index in [-0.39, 0.29) is 24.9 Å². The Kier molecular flexibility index (Phi) is 4.42. The van der Waals surface area contributed by atoms with E-state index < -0.39 is 6.10 Å². The van der Waals surface area contributed by atoms with Crippen LogP contribution in [0.2, 0.25) is 0 Å². The monoisotopic (exact) mass is 433 g/mol. The minimum atomic E-state index is -0.605. The molecule has 6 rings (SSSR count). The van der Waals surface area contributed by atoms with E-state index in [0.29, 0.717) is 18.4 Å². The zero-order chi connectivity index (χ0) is 21.8. The lowest BCUT2D eigenvalue weighted by Gasteiger charge is -2.15. The highest BCUT2D eigenvalue weighted by Gasteiger charge is 2.48. The van der Waals surface area contributed by atoms with Crippen molar-refractivity contribution in [1.82, 2.24) is 19.7 Å². The van der Waals surface area contributed by atoms with E-state index in [1.54, 1.807) is 4.68 Å². The van der Waals surface area contributed by atoms with E-state index in [9.17, 15) is 5.11 Å². The molecule has 32 heavy (non-hydrogen) atoms. The maximum atomic E-state index is 9.89. The van der Waals surface area contributed by atoms with Gasteiger partial charge in [-0.15, -0.1) is 0 Å². The van der Waals surface area contributed by atoms with E-state index in [1.165, 1.54) is 0 Å². The van der Waals surface area contributed by atoms with Crippen LogP contribution >= 0.6 is 0 Å². The Morgan fingerprint density at radius 2 is 1.84 bits per heavy atom. The molecule has 2 aliphatic rings. The summed E-state index contributed by atoms with van der Waals surface area (Å²) in [6.07, 6.45) is -1.52. The molecule has 0 radical (unpaired) electrons. The SMILES string of the molecule is Cc1cc(N)n(-c2ccc(-c3ccc4[nH]c(O[C@@H]5CO[C@H]6[C@@H]5OC[C@H]6O)nc4c3)cc2)n1. The fraction of sp³-hybridized carbons (Fsp3) is 0.304. The van der Waals surface area contributed by atoms with Gasteiger partial charge in [-0.3, -0.25) is 0 Å². The number of imidazole rings is 1. The Labute approximate surface area is 183 Å². The van der Waals surface area contributed by atoms with Crippen LogP contribution in [0.1, 0.15) is 5.69 Å². The number of anilines is 1. The van der Waals surface area contributed by atoms with Crippen molar-refractivity contribution >= 4 is 16.9 Å². The zero-order valence-electron chi connectivity index (χ0n) is 17.4. The molecule has 9 heteroatoms. The van der Waals surface area contributed by atoms with Gasteiger partial charge in [-0.2, -0.15) is 10.1 Å². The van der Waals surface area contributed by atoms with Crippen molar-refractivity contribution < 1.29 is 19.3 Å². The molecule has 0 spiro atoms. The molecule has 4 atom stereocenters. The summed E-state index contributed by atoms with van der Waals surface area (Å²) in [7, 11) is 0. The lowest BCUT2D eigenvalue weighted by atomic mass is 10.0. The molecule has 2 aliphatic heterocycles. The highest BCUT2D eigenvalue weighted by Crippen LogP contribution is 2.31. The van der Waals surface area contributed by atoms with Crippen molar-refractivity contribution in [1.29, 1.82) is 0 Å². The number of nitrogens with zero attached hydrogens (tertiary/aromatic N) is 3. The van der Waals surface area contributed by atoms with Crippen LogP contribution < -0.4 is 10.5 Å². The fourth-order valence-electron chi connectivity index (χ4n) is 4.43. The second-order valence-electron chi connectivity index (χ2n) is 8.26. The van der Waals surface area contributed by atoms with Gasteiger partial charge in [0.2, 0.25) is 0 Å². The largest absolute Gasteiger partial charge is 0.456 e. The standard InChI is InChI=1S/C23H23N5O4/c1-12-8-20(24)28(27-12)15-5-2-13(3-6-15)14-4-7-16-17(9-14)26-23(25-16)32-19-11-31-21-18(29)10-30-22(19)21/h2-9,18-19,21-22,29H,10-11,24H2,1H3,(H,25,26)/t18-,19-,21-,22-/m1/s1. The molecule has 9 nitrogen and oxygen atoms in total. The predicted molar refractivity (Wildman–Crippen MR) is 118 cm³/mol. The maximum Gasteiger partial charge on any atom is 0.295 e. The molecule has 4 heterocycles. The molecule has 2 aromatic heterocycles. The molecule has 0 saturated carbocycles. The van der Waals surface area contributed by atoms with E-state index in [0.717, 1.165) is 33.5 Å². The highest BCUT2D eigenvalue weighted by atomic mass is 16.6. The first-order chi connectivity index (χ1) is 15.5. The van der Waals surface area contributed by atoms with Gasteiger partial charge in [-0.1, -0.05) is 18.2 Å².